The van der Waals surface area contributed by atoms with Gasteiger partial charge < -0.3 is 4.57 Å². The lowest BCUT2D eigenvalue weighted by Crippen LogP contribution is -2.11. The number of hydrogen-bond acceptors (Lipinski definition) is 5. The molecule has 1 heterocycles. The van der Waals surface area contributed by atoms with Crippen LogP contribution in [0.5, 0.6) is 0 Å². The smallest absolute Gasteiger partial charge is 0.191 e. The molecule has 1 aromatic heterocycles. The van der Waals surface area contributed by atoms with Crippen LogP contribution in [0, 0.1) is 6.92 Å². The molecular weight excluding hydrogens is 378 g/mol. The highest BCUT2D eigenvalue weighted by atomic mass is 32.2. The van der Waals surface area contributed by atoms with Gasteiger partial charge in [0.05, 0.1) is 4.90 Å². The molecule has 27 heavy (non-hydrogen) atoms. The topological polar surface area (TPSA) is 64.8 Å². The van der Waals surface area contributed by atoms with Crippen LogP contribution < -0.4 is 0 Å². The quantitative estimate of drug-likeness (QED) is 0.422. The summed E-state index contributed by atoms with van der Waals surface area (Å²) in [5, 5.41) is 9.04. The van der Waals surface area contributed by atoms with Crippen LogP contribution in [0.2, 0.25) is 0 Å². The van der Waals surface area contributed by atoms with Gasteiger partial charge in [-0.05, 0) is 24.6 Å². The van der Waals surface area contributed by atoms with Crippen molar-refractivity contribution in [2.24, 2.45) is 0 Å². The van der Waals surface area contributed by atoms with Crippen molar-refractivity contribution in [1.29, 1.82) is 0 Å². The van der Waals surface area contributed by atoms with Crippen LogP contribution in [0.3, 0.4) is 0 Å². The molecule has 0 amide bonds. The van der Waals surface area contributed by atoms with Gasteiger partial charge in [-0.1, -0.05) is 65.9 Å². The van der Waals surface area contributed by atoms with E-state index in [0.717, 1.165) is 5.75 Å². The summed E-state index contributed by atoms with van der Waals surface area (Å²) in [5.41, 5.74) is 2.39. The number of aromatic nitrogens is 3. The van der Waals surface area contributed by atoms with E-state index in [1.165, 1.54) is 22.9 Å². The molecule has 0 saturated heterocycles. The molecule has 0 radical (unpaired) electrons. The van der Waals surface area contributed by atoms with Gasteiger partial charge in [0.15, 0.2) is 15.0 Å². The molecule has 5 nitrogen and oxygen atoms in total. The van der Waals surface area contributed by atoms with Crippen LogP contribution >= 0.6 is 11.8 Å². The Morgan fingerprint density at radius 2 is 1.89 bits per heavy atom. The fourth-order valence-electron chi connectivity index (χ4n) is 2.68. The Balaban J connectivity index is 1.81. The molecule has 7 heteroatoms. The minimum atomic E-state index is -3.48. The minimum Gasteiger partial charge on any atom is -0.301 e. The highest BCUT2D eigenvalue weighted by molar-refractivity contribution is 7.98. The number of nitrogens with zero attached hydrogens (tertiary/aromatic N) is 3. The van der Waals surface area contributed by atoms with E-state index >= 15 is 0 Å². The lowest BCUT2D eigenvalue weighted by Gasteiger charge is -2.09. The zero-order valence-electron chi connectivity index (χ0n) is 15.1. The Morgan fingerprint density at radius 1 is 1.11 bits per heavy atom. The number of benzene rings is 2. The molecule has 0 bridgehead atoms. The van der Waals surface area contributed by atoms with Gasteiger partial charge >= 0.3 is 0 Å². The first-order valence-electron chi connectivity index (χ1n) is 8.49. The van der Waals surface area contributed by atoms with Gasteiger partial charge in [-0.3, -0.25) is 0 Å². The van der Waals surface area contributed by atoms with Crippen LogP contribution in [-0.2, 0) is 27.9 Å². The third-order valence-electron chi connectivity index (χ3n) is 3.98. The molecule has 0 atom stereocenters. The maximum absolute atomic E-state index is 12.7. The average Bonchev–Trinajstić information content (AvgIpc) is 3.02. The number of sulfone groups is 1. The molecule has 0 fully saturated rings. The number of thioether (sulfide) groups is 1. The molecule has 0 spiro atoms. The average molecular weight is 400 g/mol. The first-order valence-corrected chi connectivity index (χ1v) is 11.1. The van der Waals surface area contributed by atoms with E-state index in [1.807, 2.05) is 10.6 Å². The summed E-state index contributed by atoms with van der Waals surface area (Å²) in [6.07, 6.45) is 1.72. The fraction of sp³-hybridized carbons (Fsp3) is 0.200. The SMILES string of the molecule is C=CCn1c(CS(=O)(=O)c2ccccc2)nnc1SCc1cccc(C)c1. The van der Waals surface area contributed by atoms with E-state index in [9.17, 15) is 8.42 Å². The monoisotopic (exact) mass is 399 g/mol. The largest absolute Gasteiger partial charge is 0.301 e. The second-order valence-electron chi connectivity index (χ2n) is 6.15. The van der Waals surface area contributed by atoms with Crippen molar-refractivity contribution in [3.8, 4) is 0 Å². The van der Waals surface area contributed by atoms with E-state index in [1.54, 1.807) is 36.4 Å². The molecule has 0 aliphatic rings. The molecule has 0 aliphatic heterocycles. The first kappa shape index (κ1) is 19.4. The summed E-state index contributed by atoms with van der Waals surface area (Å²) in [6.45, 7) is 6.28. The molecule has 2 aromatic carbocycles. The fourth-order valence-corrected chi connectivity index (χ4v) is 4.88. The highest BCUT2D eigenvalue weighted by Crippen LogP contribution is 2.24. The van der Waals surface area contributed by atoms with Crippen LogP contribution in [0.4, 0.5) is 0 Å². The molecule has 3 aromatic rings. The van der Waals surface area contributed by atoms with Crippen LogP contribution in [0.15, 0.2) is 77.3 Å². The normalized spacial score (nSPS) is 11.4. The molecule has 0 N–H and O–H groups in total. The van der Waals surface area contributed by atoms with E-state index < -0.39 is 9.84 Å². The van der Waals surface area contributed by atoms with Gasteiger partial charge in [0.1, 0.15) is 11.6 Å². The van der Waals surface area contributed by atoms with Crippen molar-refractivity contribution in [2.75, 3.05) is 0 Å². The van der Waals surface area contributed by atoms with E-state index in [-0.39, 0.29) is 10.6 Å². The predicted molar refractivity (Wildman–Crippen MR) is 108 cm³/mol. The minimum absolute atomic E-state index is 0.192. The zero-order valence-corrected chi connectivity index (χ0v) is 16.7. The zero-order chi connectivity index (χ0) is 19.3. The number of rotatable bonds is 8. The van der Waals surface area contributed by atoms with Crippen LogP contribution in [-0.4, -0.2) is 23.2 Å². The summed E-state index contributed by atoms with van der Waals surface area (Å²) in [5.74, 6) is 0.969. The Kier molecular flexibility index (Phi) is 6.13. The maximum atomic E-state index is 12.7. The van der Waals surface area contributed by atoms with Gasteiger partial charge in [-0.15, -0.1) is 16.8 Å². The third-order valence-corrected chi connectivity index (χ3v) is 6.64. The van der Waals surface area contributed by atoms with Crippen molar-refractivity contribution in [3.05, 3.63) is 84.2 Å². The molecular formula is C20H21N3O2S2. The Morgan fingerprint density at radius 3 is 2.59 bits per heavy atom. The molecule has 3 rings (SSSR count). The Hall–Kier alpha value is -2.38. The predicted octanol–water partition coefficient (Wildman–Crippen LogP) is 4.04. The lowest BCUT2D eigenvalue weighted by molar-refractivity contribution is 0.590. The van der Waals surface area contributed by atoms with Crippen molar-refractivity contribution < 1.29 is 8.42 Å². The highest BCUT2D eigenvalue weighted by Gasteiger charge is 2.21. The third kappa shape index (κ3) is 4.87. The standard InChI is InChI=1S/C20H21N3O2S2/c1-3-12-23-19(15-27(24,25)18-10-5-4-6-11-18)21-22-20(23)26-14-17-9-7-8-16(2)13-17/h3-11,13H,1,12,14-15H2,2H3. The second-order valence-corrected chi connectivity index (χ2v) is 9.08. The first-order chi connectivity index (χ1) is 13.0. The van der Waals surface area contributed by atoms with Gasteiger partial charge in [0, 0.05) is 12.3 Å². The van der Waals surface area contributed by atoms with E-state index in [2.05, 4.69) is 41.9 Å². The molecule has 140 valence electrons. The molecule has 0 saturated carbocycles. The van der Waals surface area contributed by atoms with Crippen LogP contribution in [0.1, 0.15) is 17.0 Å². The van der Waals surface area contributed by atoms with Crippen molar-refractivity contribution in [2.45, 2.75) is 35.0 Å². The van der Waals surface area contributed by atoms with Gasteiger partial charge in [-0.2, -0.15) is 0 Å². The van der Waals surface area contributed by atoms with E-state index in [0.29, 0.717) is 17.5 Å². The summed E-state index contributed by atoms with van der Waals surface area (Å²) in [4.78, 5) is 0.284. The van der Waals surface area contributed by atoms with Crippen molar-refractivity contribution in [1.82, 2.24) is 14.8 Å². The Labute approximate surface area is 164 Å². The Bertz CT molecular complexity index is 1030. The maximum Gasteiger partial charge on any atom is 0.191 e. The summed E-state index contributed by atoms with van der Waals surface area (Å²) in [7, 11) is -3.48. The number of hydrogen-bond donors (Lipinski definition) is 0. The van der Waals surface area contributed by atoms with E-state index in [4.69, 9.17) is 0 Å². The number of aryl methyl sites for hydroxylation is 1. The molecule has 0 aliphatic carbocycles. The van der Waals surface area contributed by atoms with Gasteiger partial charge in [0.2, 0.25) is 0 Å². The lowest BCUT2D eigenvalue weighted by atomic mass is 10.2. The number of allylic oxidation sites excluding steroid dienone is 1. The summed E-state index contributed by atoms with van der Waals surface area (Å²) in [6, 6.07) is 16.7. The second kappa shape index (κ2) is 8.54. The summed E-state index contributed by atoms with van der Waals surface area (Å²) < 4.78 is 27.2. The summed E-state index contributed by atoms with van der Waals surface area (Å²) >= 11 is 1.54. The van der Waals surface area contributed by atoms with Gasteiger partial charge in [0.25, 0.3) is 0 Å². The van der Waals surface area contributed by atoms with Gasteiger partial charge in [-0.25, -0.2) is 8.42 Å². The van der Waals surface area contributed by atoms with Crippen molar-refractivity contribution >= 4 is 21.6 Å². The van der Waals surface area contributed by atoms with Crippen LogP contribution in [0.25, 0.3) is 0 Å². The molecule has 0 unspecified atom stereocenters. The van der Waals surface area contributed by atoms with Crippen molar-refractivity contribution in [3.63, 3.8) is 0 Å².